The maximum Gasteiger partial charge on any atom is 0.113 e. The standard InChI is InChI=1S/C18H27IN2O/c1-18(2,3)17-15-12-14(21-9-7-20(4)8-10-21)6-5-13(15)11-16(19)22-17/h5-6,12,16-17H,7-11H2,1-4H3. The zero-order valence-electron chi connectivity index (χ0n) is 14.1. The van der Waals surface area contributed by atoms with Crippen LogP contribution in [0.1, 0.15) is 38.0 Å². The second-order valence-corrected chi connectivity index (χ2v) is 9.06. The molecule has 0 bridgehead atoms. The van der Waals surface area contributed by atoms with Crippen LogP contribution in [-0.2, 0) is 11.2 Å². The Hall–Kier alpha value is -0.330. The van der Waals surface area contributed by atoms with E-state index < -0.39 is 0 Å². The number of halogens is 1. The van der Waals surface area contributed by atoms with Gasteiger partial charge in [0.15, 0.2) is 0 Å². The number of ether oxygens (including phenoxy) is 1. The Kier molecular flexibility index (Phi) is 4.72. The lowest BCUT2D eigenvalue weighted by Gasteiger charge is -2.39. The van der Waals surface area contributed by atoms with E-state index in [1.54, 1.807) is 0 Å². The van der Waals surface area contributed by atoms with Gasteiger partial charge in [-0.05, 0) is 35.7 Å². The minimum absolute atomic E-state index is 0.124. The van der Waals surface area contributed by atoms with Gasteiger partial charge < -0.3 is 14.5 Å². The Bertz CT molecular complexity index is 532. The summed E-state index contributed by atoms with van der Waals surface area (Å²) in [5.74, 6) is 0. The molecule has 2 heterocycles. The van der Waals surface area contributed by atoms with Crippen molar-refractivity contribution in [1.29, 1.82) is 0 Å². The van der Waals surface area contributed by atoms with Crippen molar-refractivity contribution in [3.8, 4) is 0 Å². The molecule has 122 valence electrons. The van der Waals surface area contributed by atoms with E-state index in [1.807, 2.05) is 0 Å². The topological polar surface area (TPSA) is 15.7 Å². The van der Waals surface area contributed by atoms with Crippen LogP contribution in [0.2, 0.25) is 0 Å². The van der Waals surface area contributed by atoms with Crippen LogP contribution < -0.4 is 4.90 Å². The van der Waals surface area contributed by atoms with Gasteiger partial charge in [-0.2, -0.15) is 0 Å². The SMILES string of the molecule is CN1CCN(c2ccc3c(c2)C(C(C)(C)C)OC(I)C3)CC1. The molecule has 0 aromatic heterocycles. The molecule has 22 heavy (non-hydrogen) atoms. The minimum atomic E-state index is 0.124. The molecule has 2 aliphatic heterocycles. The Labute approximate surface area is 148 Å². The molecule has 3 nitrogen and oxygen atoms in total. The number of fused-ring (bicyclic) bond motifs is 1. The zero-order valence-corrected chi connectivity index (χ0v) is 16.3. The van der Waals surface area contributed by atoms with Crippen LogP contribution in [0.3, 0.4) is 0 Å². The second kappa shape index (κ2) is 6.29. The fourth-order valence-electron chi connectivity index (χ4n) is 3.39. The number of nitrogens with zero attached hydrogens (tertiary/aromatic N) is 2. The number of piperazine rings is 1. The number of alkyl halides is 1. The smallest absolute Gasteiger partial charge is 0.113 e. The molecule has 0 radical (unpaired) electrons. The molecule has 3 rings (SSSR count). The first-order valence-electron chi connectivity index (χ1n) is 8.20. The third kappa shape index (κ3) is 3.44. The first-order chi connectivity index (χ1) is 10.3. The Morgan fingerprint density at radius 3 is 2.45 bits per heavy atom. The average molecular weight is 414 g/mol. The molecule has 0 N–H and O–H groups in total. The van der Waals surface area contributed by atoms with Gasteiger partial charge in [-0.15, -0.1) is 0 Å². The molecular weight excluding hydrogens is 387 g/mol. The molecule has 2 unspecified atom stereocenters. The summed E-state index contributed by atoms with van der Waals surface area (Å²) in [6.07, 6.45) is 1.21. The maximum atomic E-state index is 6.30. The van der Waals surface area contributed by atoms with Crippen LogP contribution in [0.4, 0.5) is 5.69 Å². The monoisotopic (exact) mass is 414 g/mol. The molecule has 1 aromatic carbocycles. The van der Waals surface area contributed by atoms with E-state index in [0.29, 0.717) is 0 Å². The van der Waals surface area contributed by atoms with Crippen molar-refractivity contribution in [2.75, 3.05) is 38.1 Å². The van der Waals surface area contributed by atoms with Crippen molar-refractivity contribution in [1.82, 2.24) is 4.90 Å². The van der Waals surface area contributed by atoms with Gasteiger partial charge in [0.1, 0.15) is 4.11 Å². The highest BCUT2D eigenvalue weighted by molar-refractivity contribution is 14.1. The maximum absolute atomic E-state index is 6.30. The minimum Gasteiger partial charge on any atom is -0.369 e. The van der Waals surface area contributed by atoms with E-state index in [2.05, 4.69) is 78.4 Å². The first kappa shape index (κ1) is 16.5. The number of benzene rings is 1. The van der Waals surface area contributed by atoms with E-state index in [4.69, 9.17) is 4.74 Å². The lowest BCUT2D eigenvalue weighted by Crippen LogP contribution is -2.44. The van der Waals surface area contributed by atoms with Gasteiger partial charge in [0.05, 0.1) is 6.10 Å². The fraction of sp³-hybridized carbons (Fsp3) is 0.667. The van der Waals surface area contributed by atoms with Crippen molar-refractivity contribution in [2.24, 2.45) is 5.41 Å². The van der Waals surface area contributed by atoms with Crippen molar-refractivity contribution >= 4 is 28.3 Å². The van der Waals surface area contributed by atoms with Gasteiger partial charge in [-0.3, -0.25) is 0 Å². The van der Waals surface area contributed by atoms with Crippen LogP contribution in [0, 0.1) is 5.41 Å². The van der Waals surface area contributed by atoms with Gasteiger partial charge in [0, 0.05) is 38.3 Å². The van der Waals surface area contributed by atoms with Crippen LogP contribution >= 0.6 is 22.6 Å². The third-order valence-electron chi connectivity index (χ3n) is 4.73. The first-order valence-corrected chi connectivity index (χ1v) is 9.45. The van der Waals surface area contributed by atoms with E-state index in [1.165, 1.54) is 16.8 Å². The average Bonchev–Trinajstić information content (AvgIpc) is 2.46. The second-order valence-electron chi connectivity index (χ2n) is 7.67. The number of rotatable bonds is 1. The molecule has 1 aromatic rings. The Morgan fingerprint density at radius 1 is 1.14 bits per heavy atom. The predicted octanol–water partition coefficient (Wildman–Crippen LogP) is 3.86. The summed E-state index contributed by atoms with van der Waals surface area (Å²) in [4.78, 5) is 4.91. The lowest BCUT2D eigenvalue weighted by molar-refractivity contribution is -0.0370. The third-order valence-corrected chi connectivity index (χ3v) is 5.47. The lowest BCUT2D eigenvalue weighted by atomic mass is 9.81. The highest BCUT2D eigenvalue weighted by atomic mass is 127. The Morgan fingerprint density at radius 2 is 1.82 bits per heavy atom. The van der Waals surface area contributed by atoms with E-state index in [0.717, 1.165) is 32.6 Å². The fourth-order valence-corrected chi connectivity index (χ4v) is 4.15. The summed E-state index contributed by atoms with van der Waals surface area (Å²) in [5.41, 5.74) is 4.34. The van der Waals surface area contributed by atoms with Crippen LogP contribution in [-0.4, -0.2) is 42.2 Å². The van der Waals surface area contributed by atoms with Crippen molar-refractivity contribution in [3.05, 3.63) is 29.3 Å². The zero-order chi connectivity index (χ0) is 15.9. The number of anilines is 1. The number of hydrogen-bond donors (Lipinski definition) is 0. The van der Waals surface area contributed by atoms with E-state index in [-0.39, 0.29) is 15.6 Å². The molecule has 0 saturated carbocycles. The largest absolute Gasteiger partial charge is 0.369 e. The molecule has 0 aliphatic carbocycles. The van der Waals surface area contributed by atoms with Gasteiger partial charge in [0.25, 0.3) is 0 Å². The molecule has 1 fully saturated rings. The molecular formula is C18H27IN2O. The van der Waals surface area contributed by atoms with E-state index in [9.17, 15) is 0 Å². The highest BCUT2D eigenvalue weighted by Crippen LogP contribution is 2.44. The summed E-state index contributed by atoms with van der Waals surface area (Å²) in [6, 6.07) is 7.02. The summed E-state index contributed by atoms with van der Waals surface area (Å²) in [6.45, 7) is 11.4. The molecule has 2 aliphatic rings. The molecule has 0 spiro atoms. The quantitative estimate of drug-likeness (QED) is 0.513. The Balaban J connectivity index is 1.91. The van der Waals surface area contributed by atoms with Crippen LogP contribution in [0.25, 0.3) is 0 Å². The molecule has 2 atom stereocenters. The summed E-state index contributed by atoms with van der Waals surface area (Å²) in [5, 5.41) is 0. The van der Waals surface area contributed by atoms with Crippen molar-refractivity contribution < 1.29 is 4.74 Å². The summed E-state index contributed by atoms with van der Waals surface area (Å²) in [7, 11) is 2.20. The van der Waals surface area contributed by atoms with Gasteiger partial charge >= 0.3 is 0 Å². The van der Waals surface area contributed by atoms with Crippen molar-refractivity contribution in [2.45, 2.75) is 37.4 Å². The number of hydrogen-bond acceptors (Lipinski definition) is 3. The van der Waals surface area contributed by atoms with Gasteiger partial charge in [-0.25, -0.2) is 0 Å². The van der Waals surface area contributed by atoms with Gasteiger partial charge in [-0.1, -0.05) is 49.4 Å². The van der Waals surface area contributed by atoms with Gasteiger partial charge in [0.2, 0.25) is 0 Å². The molecule has 1 saturated heterocycles. The highest BCUT2D eigenvalue weighted by Gasteiger charge is 2.35. The van der Waals surface area contributed by atoms with E-state index >= 15 is 0 Å². The predicted molar refractivity (Wildman–Crippen MR) is 101 cm³/mol. The van der Waals surface area contributed by atoms with Crippen LogP contribution in [0.15, 0.2) is 18.2 Å². The van der Waals surface area contributed by atoms with Crippen molar-refractivity contribution in [3.63, 3.8) is 0 Å². The molecule has 0 amide bonds. The summed E-state index contributed by atoms with van der Waals surface area (Å²) >= 11 is 2.42. The number of likely N-dealkylation sites (N-methyl/N-ethyl adjacent to an activating group) is 1. The molecule has 4 heteroatoms. The normalized spacial score (nSPS) is 26.9. The summed E-state index contributed by atoms with van der Waals surface area (Å²) < 4.78 is 6.58. The van der Waals surface area contributed by atoms with Crippen LogP contribution in [0.5, 0.6) is 0 Å².